The number of nitrogens with zero attached hydrogens (tertiary/aromatic N) is 3. The van der Waals surface area contributed by atoms with Crippen molar-refractivity contribution in [3.63, 3.8) is 0 Å². The summed E-state index contributed by atoms with van der Waals surface area (Å²) in [5, 5.41) is 0. The molecule has 0 spiro atoms. The van der Waals surface area contributed by atoms with Gasteiger partial charge in [-0.1, -0.05) is 12.8 Å². The number of fused-ring (bicyclic) bond motifs is 1. The number of carbonyl (C=O) groups excluding carboxylic acids is 4. The second-order valence-corrected chi connectivity index (χ2v) is 6.83. The number of likely N-dealkylation sites (tertiary alicyclic amines) is 1. The van der Waals surface area contributed by atoms with Crippen molar-refractivity contribution in [2.75, 3.05) is 39.3 Å². The number of piperazine rings is 1. The van der Waals surface area contributed by atoms with Crippen molar-refractivity contribution in [1.82, 2.24) is 14.7 Å². The molecule has 138 valence electrons. The molecular formula is C17H25N3O5. The molecule has 25 heavy (non-hydrogen) atoms. The Morgan fingerprint density at radius 1 is 0.960 bits per heavy atom. The van der Waals surface area contributed by atoms with E-state index >= 15 is 0 Å². The van der Waals surface area contributed by atoms with Crippen LogP contribution in [0.2, 0.25) is 0 Å². The summed E-state index contributed by atoms with van der Waals surface area (Å²) in [5.74, 6) is -1.06. The minimum atomic E-state index is -0.372. The van der Waals surface area contributed by atoms with Gasteiger partial charge < -0.3 is 14.5 Å². The average Bonchev–Trinajstić information content (AvgIpc) is 2.87. The SMILES string of the molecule is CCOC(=O)N1CCN(C(=O)CN2C(=O)C3CCCCC3C2=O)CC1. The van der Waals surface area contributed by atoms with Crippen LogP contribution in [0.5, 0.6) is 0 Å². The zero-order chi connectivity index (χ0) is 18.0. The summed E-state index contributed by atoms with van der Waals surface area (Å²) in [7, 11) is 0. The van der Waals surface area contributed by atoms with E-state index in [9.17, 15) is 19.2 Å². The molecule has 4 amide bonds. The van der Waals surface area contributed by atoms with Crippen LogP contribution in [0.3, 0.4) is 0 Å². The zero-order valence-electron chi connectivity index (χ0n) is 14.6. The maximum absolute atomic E-state index is 12.5. The van der Waals surface area contributed by atoms with E-state index in [1.54, 1.807) is 16.7 Å². The molecule has 0 aromatic rings. The standard InChI is InChI=1S/C17H25N3O5/c1-2-25-17(24)19-9-7-18(8-10-19)14(21)11-20-15(22)12-5-3-4-6-13(12)16(20)23/h12-13H,2-11H2,1H3. The van der Waals surface area contributed by atoms with E-state index in [1.807, 2.05) is 0 Å². The minimum absolute atomic E-state index is 0.177. The molecule has 0 bridgehead atoms. The van der Waals surface area contributed by atoms with E-state index in [-0.39, 0.29) is 42.2 Å². The summed E-state index contributed by atoms with van der Waals surface area (Å²) in [5.41, 5.74) is 0. The van der Waals surface area contributed by atoms with Gasteiger partial charge in [-0.2, -0.15) is 0 Å². The largest absolute Gasteiger partial charge is 0.450 e. The van der Waals surface area contributed by atoms with Gasteiger partial charge in [0.2, 0.25) is 17.7 Å². The Bertz CT molecular complexity index is 547. The quantitative estimate of drug-likeness (QED) is 0.690. The Morgan fingerprint density at radius 2 is 1.48 bits per heavy atom. The molecule has 1 saturated carbocycles. The highest BCUT2D eigenvalue weighted by Crippen LogP contribution is 2.37. The van der Waals surface area contributed by atoms with Crippen molar-refractivity contribution >= 4 is 23.8 Å². The fraction of sp³-hybridized carbons (Fsp3) is 0.765. The lowest BCUT2D eigenvalue weighted by molar-refractivity contribution is -0.147. The van der Waals surface area contributed by atoms with Crippen LogP contribution in [0.4, 0.5) is 4.79 Å². The van der Waals surface area contributed by atoms with Gasteiger partial charge in [0.05, 0.1) is 18.4 Å². The topological polar surface area (TPSA) is 87.2 Å². The first-order chi connectivity index (χ1) is 12.0. The van der Waals surface area contributed by atoms with E-state index in [1.165, 1.54) is 0 Å². The molecule has 1 aliphatic carbocycles. The van der Waals surface area contributed by atoms with Gasteiger partial charge in [-0.25, -0.2) is 4.79 Å². The smallest absolute Gasteiger partial charge is 0.409 e. The lowest BCUT2D eigenvalue weighted by atomic mass is 9.81. The van der Waals surface area contributed by atoms with E-state index < -0.39 is 0 Å². The summed E-state index contributed by atoms with van der Waals surface area (Å²) < 4.78 is 4.95. The van der Waals surface area contributed by atoms with Crippen molar-refractivity contribution in [2.24, 2.45) is 11.8 Å². The third-order valence-corrected chi connectivity index (χ3v) is 5.38. The Hall–Kier alpha value is -2.12. The van der Waals surface area contributed by atoms with E-state index in [0.717, 1.165) is 30.6 Å². The van der Waals surface area contributed by atoms with Crippen LogP contribution in [0.15, 0.2) is 0 Å². The van der Waals surface area contributed by atoms with E-state index in [2.05, 4.69) is 0 Å². The van der Waals surface area contributed by atoms with Gasteiger partial charge in [-0.3, -0.25) is 19.3 Å². The summed E-state index contributed by atoms with van der Waals surface area (Å²) in [6, 6.07) is 0. The molecule has 8 heteroatoms. The zero-order valence-corrected chi connectivity index (χ0v) is 14.6. The van der Waals surface area contributed by atoms with E-state index in [0.29, 0.717) is 32.8 Å². The fourth-order valence-electron chi connectivity index (χ4n) is 3.98. The van der Waals surface area contributed by atoms with Crippen LogP contribution < -0.4 is 0 Å². The Morgan fingerprint density at radius 3 is 2.00 bits per heavy atom. The van der Waals surface area contributed by atoms with Gasteiger partial charge in [0.15, 0.2) is 0 Å². The van der Waals surface area contributed by atoms with Gasteiger partial charge in [-0.15, -0.1) is 0 Å². The van der Waals surface area contributed by atoms with Crippen LogP contribution in [-0.2, 0) is 19.1 Å². The Kier molecular flexibility index (Phi) is 5.24. The maximum atomic E-state index is 12.5. The van der Waals surface area contributed by atoms with Gasteiger partial charge in [-0.05, 0) is 19.8 Å². The molecule has 0 radical (unpaired) electrons. The third kappa shape index (κ3) is 3.48. The van der Waals surface area contributed by atoms with Gasteiger partial charge in [0, 0.05) is 26.2 Å². The molecule has 3 fully saturated rings. The van der Waals surface area contributed by atoms with Crippen molar-refractivity contribution in [3.05, 3.63) is 0 Å². The maximum Gasteiger partial charge on any atom is 0.409 e. The molecular weight excluding hydrogens is 326 g/mol. The molecule has 0 aromatic heterocycles. The van der Waals surface area contributed by atoms with Crippen LogP contribution in [0.25, 0.3) is 0 Å². The van der Waals surface area contributed by atoms with Crippen LogP contribution in [0, 0.1) is 11.8 Å². The molecule has 2 aliphatic heterocycles. The fourth-order valence-corrected chi connectivity index (χ4v) is 3.98. The molecule has 2 unspecified atom stereocenters. The summed E-state index contributed by atoms with van der Waals surface area (Å²) in [4.78, 5) is 53.4. The van der Waals surface area contributed by atoms with Gasteiger partial charge in [0.25, 0.3) is 0 Å². The minimum Gasteiger partial charge on any atom is -0.450 e. The average molecular weight is 351 g/mol. The molecule has 8 nitrogen and oxygen atoms in total. The molecule has 2 saturated heterocycles. The molecule has 3 aliphatic rings. The Labute approximate surface area is 147 Å². The first-order valence-electron chi connectivity index (χ1n) is 9.07. The summed E-state index contributed by atoms with van der Waals surface area (Å²) in [6.07, 6.45) is 3.06. The normalized spacial score (nSPS) is 26.7. The first kappa shape index (κ1) is 17.7. The summed E-state index contributed by atoms with van der Waals surface area (Å²) >= 11 is 0. The van der Waals surface area contributed by atoms with Crippen molar-refractivity contribution in [2.45, 2.75) is 32.6 Å². The number of ether oxygens (including phenoxy) is 1. The van der Waals surface area contributed by atoms with Crippen LogP contribution >= 0.6 is 0 Å². The van der Waals surface area contributed by atoms with Crippen LogP contribution in [0.1, 0.15) is 32.6 Å². The van der Waals surface area contributed by atoms with Crippen molar-refractivity contribution < 1.29 is 23.9 Å². The highest BCUT2D eigenvalue weighted by molar-refractivity contribution is 6.07. The molecule has 2 heterocycles. The molecule has 3 rings (SSSR count). The second kappa shape index (κ2) is 7.41. The van der Waals surface area contributed by atoms with Gasteiger partial charge in [0.1, 0.15) is 6.54 Å². The number of hydrogen-bond donors (Lipinski definition) is 0. The van der Waals surface area contributed by atoms with Gasteiger partial charge >= 0.3 is 6.09 Å². The second-order valence-electron chi connectivity index (χ2n) is 6.83. The molecule has 2 atom stereocenters. The Balaban J connectivity index is 1.54. The number of amides is 4. The highest BCUT2D eigenvalue weighted by atomic mass is 16.6. The van der Waals surface area contributed by atoms with E-state index in [4.69, 9.17) is 4.74 Å². The number of hydrogen-bond acceptors (Lipinski definition) is 5. The summed E-state index contributed by atoms with van der Waals surface area (Å²) in [6.45, 7) is 3.47. The number of rotatable bonds is 3. The third-order valence-electron chi connectivity index (χ3n) is 5.38. The lowest BCUT2D eigenvalue weighted by Gasteiger charge is -2.34. The molecule has 0 N–H and O–H groups in total. The van der Waals surface area contributed by atoms with Crippen molar-refractivity contribution in [3.8, 4) is 0 Å². The number of carbonyl (C=O) groups is 4. The predicted octanol–water partition coefficient (Wildman–Crippen LogP) is 0.462. The highest BCUT2D eigenvalue weighted by Gasteiger charge is 2.48. The van der Waals surface area contributed by atoms with Crippen molar-refractivity contribution in [1.29, 1.82) is 0 Å². The monoisotopic (exact) mass is 351 g/mol. The van der Waals surface area contributed by atoms with Crippen LogP contribution in [-0.4, -0.2) is 77.8 Å². The molecule has 0 aromatic carbocycles. The number of imide groups is 1. The lowest BCUT2D eigenvalue weighted by Crippen LogP contribution is -2.53. The first-order valence-corrected chi connectivity index (χ1v) is 9.07. The predicted molar refractivity (Wildman–Crippen MR) is 87.3 cm³/mol.